The number of carboxylic acid groups (broad SMARTS) is 1. The van der Waals surface area contributed by atoms with Crippen LogP contribution in [0.15, 0.2) is 30.3 Å². The molecule has 0 bridgehead atoms. The van der Waals surface area contributed by atoms with Gasteiger partial charge in [-0.05, 0) is 18.6 Å². The molecule has 0 fully saturated rings. The lowest BCUT2D eigenvalue weighted by molar-refractivity contribution is -0.135. The van der Waals surface area contributed by atoms with Crippen LogP contribution in [0.5, 0.6) is 0 Å². The molecule has 0 saturated heterocycles. The van der Waals surface area contributed by atoms with Crippen LogP contribution in [0, 0.1) is 0 Å². The van der Waals surface area contributed by atoms with Gasteiger partial charge in [0, 0.05) is 34.5 Å². The molecule has 0 aliphatic carbocycles. The summed E-state index contributed by atoms with van der Waals surface area (Å²) in [6.45, 7) is 1.78. The van der Waals surface area contributed by atoms with Crippen molar-refractivity contribution in [2.45, 2.75) is 18.6 Å². The summed E-state index contributed by atoms with van der Waals surface area (Å²) in [7, 11) is -0.940. The summed E-state index contributed by atoms with van der Waals surface area (Å²) in [5.74, 6) is -1.09. The van der Waals surface area contributed by atoms with Crippen molar-refractivity contribution in [1.29, 1.82) is 0 Å². The molecule has 1 aromatic carbocycles. The Morgan fingerprint density at radius 1 is 1.33 bits per heavy atom. The molecule has 0 spiro atoms. The third-order valence-corrected chi connectivity index (χ3v) is 4.37. The lowest BCUT2D eigenvalue weighted by Crippen LogP contribution is -2.43. The summed E-state index contributed by atoms with van der Waals surface area (Å²) in [5.41, 5.74) is 0.518. The van der Waals surface area contributed by atoms with Crippen molar-refractivity contribution >= 4 is 28.5 Å². The van der Waals surface area contributed by atoms with Gasteiger partial charge in [0.25, 0.3) is 0 Å². The van der Waals surface area contributed by atoms with Gasteiger partial charge >= 0.3 is 12.0 Å². The summed E-state index contributed by atoms with van der Waals surface area (Å²) >= 11 is 0. The predicted molar refractivity (Wildman–Crippen MR) is 83.0 cm³/mol. The molecule has 0 heterocycles. The fourth-order valence-corrected chi connectivity index (χ4v) is 2.12. The minimum absolute atomic E-state index is 0.0186. The molecule has 6 nitrogen and oxygen atoms in total. The van der Waals surface area contributed by atoms with E-state index in [2.05, 4.69) is 5.32 Å². The molecule has 2 N–H and O–H groups in total. The van der Waals surface area contributed by atoms with Crippen LogP contribution in [0.4, 0.5) is 10.5 Å². The Morgan fingerprint density at radius 3 is 2.48 bits per heavy atom. The maximum atomic E-state index is 12.1. The highest BCUT2D eigenvalue weighted by atomic mass is 32.2. The van der Waals surface area contributed by atoms with Crippen molar-refractivity contribution < 1.29 is 18.9 Å². The number of hydrogen-bond donors (Lipinski definition) is 2. The largest absolute Gasteiger partial charge is 0.480 e. The Kier molecular flexibility index (Phi) is 6.87. The van der Waals surface area contributed by atoms with Gasteiger partial charge in [0.05, 0.1) is 0 Å². The van der Waals surface area contributed by atoms with E-state index in [1.54, 1.807) is 36.6 Å². The highest BCUT2D eigenvalue weighted by molar-refractivity contribution is 7.84. The highest BCUT2D eigenvalue weighted by Gasteiger charge is 2.18. The zero-order valence-electron chi connectivity index (χ0n) is 12.1. The lowest BCUT2D eigenvalue weighted by Gasteiger charge is -2.21. The second-order valence-corrected chi connectivity index (χ2v) is 6.45. The number of rotatable bonds is 7. The maximum Gasteiger partial charge on any atom is 0.323 e. The highest BCUT2D eigenvalue weighted by Crippen LogP contribution is 2.13. The molecule has 0 aliphatic heterocycles. The van der Waals surface area contributed by atoms with Crippen molar-refractivity contribution in [3.63, 3.8) is 0 Å². The molecule has 1 aromatic rings. The molecule has 0 aromatic heterocycles. The quantitative estimate of drug-likeness (QED) is 0.797. The average Bonchev–Trinajstić information content (AvgIpc) is 2.45. The normalized spacial score (nSPS) is 13.2. The molecule has 7 heteroatoms. The third kappa shape index (κ3) is 5.95. The Balaban J connectivity index is 2.65. The number of nitrogens with one attached hydrogen (secondary N) is 1. The number of anilines is 1. The second kappa shape index (κ2) is 8.41. The maximum absolute atomic E-state index is 12.1. The van der Waals surface area contributed by atoms with E-state index in [-0.39, 0.29) is 5.25 Å². The summed E-state index contributed by atoms with van der Waals surface area (Å²) in [6, 6.07) is 8.13. The van der Waals surface area contributed by atoms with Crippen LogP contribution < -0.4 is 10.2 Å². The number of carboxylic acids is 1. The van der Waals surface area contributed by atoms with E-state index >= 15 is 0 Å². The average molecular weight is 312 g/mol. The smallest absolute Gasteiger partial charge is 0.323 e. The Hall–Kier alpha value is -1.89. The summed E-state index contributed by atoms with van der Waals surface area (Å²) in [6.07, 6.45) is 2.19. The van der Waals surface area contributed by atoms with Crippen molar-refractivity contribution in [3.8, 4) is 0 Å². The fraction of sp³-hybridized carbons (Fsp3) is 0.429. The first-order chi connectivity index (χ1) is 9.91. The van der Waals surface area contributed by atoms with E-state index in [1.807, 2.05) is 6.92 Å². The number of nitrogens with zero attached hydrogens (tertiary/aromatic N) is 1. The Labute approximate surface area is 126 Å². The second-order valence-electron chi connectivity index (χ2n) is 4.65. The molecular formula is C14H20N2O4S. The van der Waals surface area contributed by atoms with Gasteiger partial charge in [0.1, 0.15) is 6.54 Å². The number of carbonyl (C=O) groups excluding carboxylic acids is 1. The van der Waals surface area contributed by atoms with Gasteiger partial charge in [-0.3, -0.25) is 13.9 Å². The Bertz CT molecular complexity index is 507. The number of carbonyl (C=O) groups is 2. The van der Waals surface area contributed by atoms with Crippen LogP contribution in [-0.4, -0.2) is 45.9 Å². The molecule has 0 saturated carbocycles. The topological polar surface area (TPSA) is 86.7 Å². The van der Waals surface area contributed by atoms with Crippen molar-refractivity contribution in [2.75, 3.05) is 24.2 Å². The number of benzene rings is 1. The fourth-order valence-electron chi connectivity index (χ4n) is 1.67. The molecule has 2 unspecified atom stereocenters. The molecule has 0 radical (unpaired) electrons. The van der Waals surface area contributed by atoms with Gasteiger partial charge in [-0.2, -0.15) is 0 Å². The molecule has 1 rings (SSSR count). The van der Waals surface area contributed by atoms with E-state index in [1.165, 1.54) is 0 Å². The van der Waals surface area contributed by atoms with Crippen LogP contribution in [0.25, 0.3) is 0 Å². The monoisotopic (exact) mass is 312 g/mol. The minimum atomic E-state index is -1.09. The van der Waals surface area contributed by atoms with Crippen LogP contribution in [0.3, 0.4) is 0 Å². The number of amides is 2. The number of hydrogen-bond acceptors (Lipinski definition) is 3. The molecule has 0 aliphatic rings. The first kappa shape index (κ1) is 17.2. The number of para-hydroxylation sites is 1. The van der Waals surface area contributed by atoms with E-state index in [9.17, 15) is 13.8 Å². The van der Waals surface area contributed by atoms with E-state index in [0.717, 1.165) is 4.90 Å². The van der Waals surface area contributed by atoms with Crippen molar-refractivity contribution in [2.24, 2.45) is 0 Å². The van der Waals surface area contributed by atoms with Gasteiger partial charge in [-0.15, -0.1) is 0 Å². The van der Waals surface area contributed by atoms with E-state index in [4.69, 9.17) is 5.11 Å². The summed E-state index contributed by atoms with van der Waals surface area (Å²) in [5, 5.41) is 11.6. The molecule has 21 heavy (non-hydrogen) atoms. The van der Waals surface area contributed by atoms with Gasteiger partial charge in [0.15, 0.2) is 0 Å². The number of urea groups is 1. The zero-order valence-corrected chi connectivity index (χ0v) is 12.9. The van der Waals surface area contributed by atoms with E-state index < -0.39 is 29.3 Å². The van der Waals surface area contributed by atoms with Gasteiger partial charge < -0.3 is 10.4 Å². The molecular weight excluding hydrogens is 292 g/mol. The van der Waals surface area contributed by atoms with Gasteiger partial charge in [-0.25, -0.2) is 4.79 Å². The van der Waals surface area contributed by atoms with Crippen LogP contribution in [-0.2, 0) is 15.6 Å². The summed E-state index contributed by atoms with van der Waals surface area (Å²) < 4.78 is 11.2. The Morgan fingerprint density at radius 2 is 1.95 bits per heavy atom. The molecule has 2 atom stereocenters. The van der Waals surface area contributed by atoms with E-state index in [0.29, 0.717) is 18.7 Å². The first-order valence-electron chi connectivity index (χ1n) is 6.56. The summed E-state index contributed by atoms with van der Waals surface area (Å²) in [4.78, 5) is 24.2. The molecule has 116 valence electrons. The lowest BCUT2D eigenvalue weighted by atomic mass is 10.3. The van der Waals surface area contributed by atoms with Crippen molar-refractivity contribution in [3.05, 3.63) is 30.3 Å². The predicted octanol–water partition coefficient (Wildman–Crippen LogP) is 1.44. The van der Waals surface area contributed by atoms with Gasteiger partial charge in [-0.1, -0.05) is 25.1 Å². The van der Waals surface area contributed by atoms with Crippen LogP contribution in [0.1, 0.15) is 13.3 Å². The van der Waals surface area contributed by atoms with Crippen LogP contribution in [0.2, 0.25) is 0 Å². The van der Waals surface area contributed by atoms with Crippen LogP contribution >= 0.6 is 0 Å². The molecule has 2 amide bonds. The minimum Gasteiger partial charge on any atom is -0.480 e. The zero-order chi connectivity index (χ0) is 15.8. The van der Waals surface area contributed by atoms with Crippen molar-refractivity contribution in [1.82, 2.24) is 5.32 Å². The third-order valence-electron chi connectivity index (χ3n) is 3.00. The standard InChI is InChI=1S/C14H20N2O4S/c1-11(21(2)20)8-9-15-14(19)16(10-13(17)18)12-6-4-3-5-7-12/h3-7,11H,8-10H2,1-2H3,(H,15,19)(H,17,18). The van der Waals surface area contributed by atoms with Gasteiger partial charge in [0.2, 0.25) is 0 Å². The number of aliphatic carboxylic acids is 1. The first-order valence-corrected chi connectivity index (χ1v) is 8.18. The SMILES string of the molecule is CC(CCNC(=O)N(CC(=O)O)c1ccccc1)S(C)=O.